The highest BCUT2D eigenvalue weighted by atomic mass is 16.2. The number of unbranched alkanes of at least 4 members (excludes halogenated alkanes) is 1. The fourth-order valence-corrected chi connectivity index (χ4v) is 3.34. The second-order valence-electron chi connectivity index (χ2n) is 6.92. The molecule has 0 saturated carbocycles. The van der Waals surface area contributed by atoms with E-state index in [4.69, 9.17) is 0 Å². The third-order valence-electron chi connectivity index (χ3n) is 4.90. The highest BCUT2D eigenvalue weighted by Gasteiger charge is 2.23. The molecular weight excluding hydrogens is 302 g/mol. The largest absolute Gasteiger partial charge is 0.343 e. The van der Waals surface area contributed by atoms with Crippen molar-refractivity contribution in [2.24, 2.45) is 5.92 Å². The van der Waals surface area contributed by atoms with Crippen LogP contribution in [0.5, 0.6) is 0 Å². The zero-order valence-electron chi connectivity index (χ0n) is 15.1. The van der Waals surface area contributed by atoms with Gasteiger partial charge in [-0.2, -0.15) is 0 Å². The first-order valence-corrected chi connectivity index (χ1v) is 9.22. The minimum atomic E-state index is -0.0425. The van der Waals surface area contributed by atoms with Crippen LogP contribution in [-0.4, -0.2) is 53.5 Å². The van der Waals surface area contributed by atoms with Gasteiger partial charge in [-0.1, -0.05) is 19.4 Å². The van der Waals surface area contributed by atoms with Crippen LogP contribution < -0.4 is 5.56 Å². The van der Waals surface area contributed by atoms with Gasteiger partial charge in [0, 0.05) is 44.9 Å². The number of amides is 1. The van der Waals surface area contributed by atoms with E-state index in [1.54, 1.807) is 16.8 Å². The molecule has 1 aliphatic rings. The molecule has 0 aromatic carbocycles. The second kappa shape index (κ2) is 9.62. The van der Waals surface area contributed by atoms with Crippen LogP contribution in [0.15, 0.2) is 29.2 Å². The van der Waals surface area contributed by atoms with Crippen LogP contribution in [0.4, 0.5) is 0 Å². The van der Waals surface area contributed by atoms with Gasteiger partial charge in [-0.05, 0) is 44.8 Å². The molecule has 1 amide bonds. The second-order valence-corrected chi connectivity index (χ2v) is 6.92. The van der Waals surface area contributed by atoms with Crippen LogP contribution in [0.25, 0.3) is 0 Å². The van der Waals surface area contributed by atoms with E-state index < -0.39 is 0 Å². The molecule has 0 bridgehead atoms. The molecule has 0 unspecified atom stereocenters. The maximum Gasteiger partial charge on any atom is 0.250 e. The number of likely N-dealkylation sites (tertiary alicyclic amines) is 1. The zero-order valence-corrected chi connectivity index (χ0v) is 15.1. The molecule has 1 aromatic heterocycles. The minimum absolute atomic E-state index is 0.0425. The Bertz CT molecular complexity index is 562. The topological polar surface area (TPSA) is 45.5 Å². The summed E-state index contributed by atoms with van der Waals surface area (Å²) < 4.78 is 1.60. The van der Waals surface area contributed by atoms with E-state index >= 15 is 0 Å². The van der Waals surface area contributed by atoms with E-state index in [2.05, 4.69) is 18.9 Å². The van der Waals surface area contributed by atoms with E-state index in [1.807, 2.05) is 11.0 Å². The molecule has 0 radical (unpaired) electrons. The first-order valence-electron chi connectivity index (χ1n) is 9.22. The molecule has 1 fully saturated rings. The van der Waals surface area contributed by atoms with E-state index in [9.17, 15) is 9.59 Å². The van der Waals surface area contributed by atoms with Crippen molar-refractivity contribution < 1.29 is 4.79 Å². The molecular formula is C19H31N3O2. The number of carbonyl (C=O) groups is 1. The van der Waals surface area contributed by atoms with Crippen molar-refractivity contribution in [2.75, 3.05) is 33.2 Å². The van der Waals surface area contributed by atoms with Gasteiger partial charge in [0.05, 0.1) is 0 Å². The van der Waals surface area contributed by atoms with E-state index in [0.717, 1.165) is 32.5 Å². The van der Waals surface area contributed by atoms with Gasteiger partial charge < -0.3 is 14.4 Å². The predicted molar refractivity (Wildman–Crippen MR) is 97.0 cm³/mol. The van der Waals surface area contributed by atoms with Gasteiger partial charge in [0.25, 0.3) is 5.56 Å². The summed E-state index contributed by atoms with van der Waals surface area (Å²) in [5, 5.41) is 0. The van der Waals surface area contributed by atoms with Crippen LogP contribution in [0.3, 0.4) is 0 Å². The fraction of sp³-hybridized carbons (Fsp3) is 0.684. The van der Waals surface area contributed by atoms with Gasteiger partial charge in [0.1, 0.15) is 0 Å². The molecule has 5 heteroatoms. The monoisotopic (exact) mass is 333 g/mol. The van der Waals surface area contributed by atoms with E-state index in [1.165, 1.54) is 25.5 Å². The summed E-state index contributed by atoms with van der Waals surface area (Å²) in [6.07, 6.45) is 6.83. The first kappa shape index (κ1) is 18.7. The smallest absolute Gasteiger partial charge is 0.250 e. The predicted octanol–water partition coefficient (Wildman–Crippen LogP) is 2.21. The Morgan fingerprint density at radius 2 is 2.04 bits per heavy atom. The first-order chi connectivity index (χ1) is 11.6. The average molecular weight is 333 g/mol. The number of aromatic nitrogens is 1. The van der Waals surface area contributed by atoms with Gasteiger partial charge in [0.2, 0.25) is 5.91 Å². The van der Waals surface area contributed by atoms with Crippen molar-refractivity contribution in [3.63, 3.8) is 0 Å². The SMILES string of the molecule is CCCCN(C)CC1CCN(C(=O)CCn2ccccc2=O)CC1. The number of hydrogen-bond donors (Lipinski definition) is 0. The van der Waals surface area contributed by atoms with Crippen molar-refractivity contribution in [1.29, 1.82) is 0 Å². The Labute approximate surface area is 145 Å². The number of nitrogens with zero attached hydrogens (tertiary/aromatic N) is 3. The molecule has 2 heterocycles. The summed E-state index contributed by atoms with van der Waals surface area (Å²) in [5.41, 5.74) is -0.0425. The van der Waals surface area contributed by atoms with Gasteiger partial charge in [-0.25, -0.2) is 0 Å². The molecule has 0 N–H and O–H groups in total. The molecule has 5 nitrogen and oxygen atoms in total. The third kappa shape index (κ3) is 5.78. The Balaban J connectivity index is 1.71. The number of piperidine rings is 1. The Morgan fingerprint density at radius 3 is 2.71 bits per heavy atom. The summed E-state index contributed by atoms with van der Waals surface area (Å²) in [6, 6.07) is 5.08. The average Bonchev–Trinajstić information content (AvgIpc) is 2.59. The number of pyridine rings is 1. The van der Waals surface area contributed by atoms with Crippen molar-refractivity contribution in [3.8, 4) is 0 Å². The normalized spacial score (nSPS) is 15.9. The molecule has 1 aromatic rings. The van der Waals surface area contributed by atoms with E-state index in [0.29, 0.717) is 18.9 Å². The molecule has 24 heavy (non-hydrogen) atoms. The standard InChI is InChI=1S/C19H31N3O2/c1-3-4-11-20(2)16-17-8-13-22(14-9-17)19(24)10-15-21-12-6-5-7-18(21)23/h5-7,12,17H,3-4,8-11,13-16H2,1-2H3. The van der Waals surface area contributed by atoms with Crippen LogP contribution in [-0.2, 0) is 11.3 Å². The highest BCUT2D eigenvalue weighted by molar-refractivity contribution is 5.76. The molecule has 0 aliphatic carbocycles. The summed E-state index contributed by atoms with van der Waals surface area (Å²) in [7, 11) is 2.20. The third-order valence-corrected chi connectivity index (χ3v) is 4.90. The van der Waals surface area contributed by atoms with Crippen molar-refractivity contribution in [3.05, 3.63) is 34.7 Å². The summed E-state index contributed by atoms with van der Waals surface area (Å²) in [6.45, 7) is 6.71. The maximum atomic E-state index is 12.4. The zero-order chi connectivity index (χ0) is 17.4. The van der Waals surface area contributed by atoms with Gasteiger partial charge in [0.15, 0.2) is 0 Å². The van der Waals surface area contributed by atoms with Crippen LogP contribution in [0.2, 0.25) is 0 Å². The highest BCUT2D eigenvalue weighted by Crippen LogP contribution is 2.19. The molecule has 1 aliphatic heterocycles. The molecule has 2 rings (SSSR count). The van der Waals surface area contributed by atoms with Crippen LogP contribution in [0.1, 0.15) is 39.0 Å². The van der Waals surface area contributed by atoms with Crippen molar-refractivity contribution >= 4 is 5.91 Å². The Kier molecular flexibility index (Phi) is 7.50. The fourth-order valence-electron chi connectivity index (χ4n) is 3.34. The van der Waals surface area contributed by atoms with Gasteiger partial charge in [-0.15, -0.1) is 0 Å². The number of aryl methyl sites for hydroxylation is 1. The summed E-state index contributed by atoms with van der Waals surface area (Å²) >= 11 is 0. The quantitative estimate of drug-likeness (QED) is 0.733. The molecule has 0 spiro atoms. The lowest BCUT2D eigenvalue weighted by Gasteiger charge is -2.34. The molecule has 1 saturated heterocycles. The minimum Gasteiger partial charge on any atom is -0.343 e. The number of rotatable bonds is 8. The van der Waals surface area contributed by atoms with Gasteiger partial charge in [-0.3, -0.25) is 9.59 Å². The lowest BCUT2D eigenvalue weighted by atomic mass is 9.96. The summed E-state index contributed by atoms with van der Waals surface area (Å²) in [5.74, 6) is 0.871. The van der Waals surface area contributed by atoms with E-state index in [-0.39, 0.29) is 11.5 Å². The Hall–Kier alpha value is -1.62. The van der Waals surface area contributed by atoms with Crippen LogP contribution >= 0.6 is 0 Å². The maximum absolute atomic E-state index is 12.4. The summed E-state index contributed by atoms with van der Waals surface area (Å²) in [4.78, 5) is 28.4. The number of carbonyl (C=O) groups excluding carboxylic acids is 1. The molecule has 134 valence electrons. The lowest BCUT2D eigenvalue weighted by molar-refractivity contribution is -0.132. The molecule has 0 atom stereocenters. The van der Waals surface area contributed by atoms with Crippen molar-refractivity contribution in [1.82, 2.24) is 14.4 Å². The van der Waals surface area contributed by atoms with Crippen molar-refractivity contribution in [2.45, 2.75) is 45.6 Å². The lowest BCUT2D eigenvalue weighted by Crippen LogP contribution is -2.41. The van der Waals surface area contributed by atoms with Crippen LogP contribution in [0, 0.1) is 5.92 Å². The Morgan fingerprint density at radius 1 is 1.29 bits per heavy atom. The number of hydrogen-bond acceptors (Lipinski definition) is 3. The van der Waals surface area contributed by atoms with Gasteiger partial charge >= 0.3 is 0 Å².